The first-order valence-electron chi connectivity index (χ1n) is 3.96. The van der Waals surface area contributed by atoms with Crippen molar-refractivity contribution in [2.75, 3.05) is 0 Å². The summed E-state index contributed by atoms with van der Waals surface area (Å²) in [6, 6.07) is 1.38. The standard InChI is InChI=1S/C7HClF3N5S/c8-7(10,11)3-2(1-12)4(13)16-6(14-3)17-5(9)15-16/h13H. The molecular formula is C7HClF3N5S. The Morgan fingerprint density at radius 1 is 1.53 bits per heavy atom. The van der Waals surface area contributed by atoms with Gasteiger partial charge in [0.05, 0.1) is 0 Å². The molecule has 2 rings (SSSR count). The summed E-state index contributed by atoms with van der Waals surface area (Å²) in [5, 5.41) is 14.5. The van der Waals surface area contributed by atoms with Gasteiger partial charge < -0.3 is 0 Å². The monoisotopic (exact) mass is 279 g/mol. The topological polar surface area (TPSA) is 77.8 Å². The molecule has 0 spiro atoms. The Bertz CT molecular complexity index is 694. The van der Waals surface area contributed by atoms with E-state index in [-0.39, 0.29) is 4.96 Å². The zero-order valence-electron chi connectivity index (χ0n) is 7.71. The summed E-state index contributed by atoms with van der Waals surface area (Å²) in [5.74, 6) is 0. The number of halogens is 4. The number of nitrogens with one attached hydrogen (secondary N) is 1. The Morgan fingerprint density at radius 3 is 2.71 bits per heavy atom. The molecule has 0 saturated heterocycles. The number of fused-ring (bicyclic) bond motifs is 1. The van der Waals surface area contributed by atoms with Gasteiger partial charge in [0.15, 0.2) is 11.2 Å². The molecule has 0 aromatic carbocycles. The van der Waals surface area contributed by atoms with Crippen molar-refractivity contribution < 1.29 is 13.2 Å². The van der Waals surface area contributed by atoms with E-state index >= 15 is 0 Å². The summed E-state index contributed by atoms with van der Waals surface area (Å²) in [5.41, 5.74) is -2.50. The van der Waals surface area contributed by atoms with Gasteiger partial charge in [-0.25, -0.2) is 4.98 Å². The molecule has 0 amide bonds. The summed E-state index contributed by atoms with van der Waals surface area (Å²) in [4.78, 5) is 3.08. The minimum Gasteiger partial charge on any atom is -0.282 e. The third kappa shape index (κ3) is 1.85. The minimum atomic E-state index is -3.91. The van der Waals surface area contributed by atoms with E-state index in [0.717, 1.165) is 0 Å². The molecule has 2 heterocycles. The number of nitrogens with zero attached hydrogens (tertiary/aromatic N) is 4. The normalized spacial score (nSPS) is 11.7. The molecule has 17 heavy (non-hydrogen) atoms. The lowest BCUT2D eigenvalue weighted by molar-refractivity contribution is 0.0896. The van der Waals surface area contributed by atoms with Gasteiger partial charge in [0.25, 0.3) is 5.26 Å². The van der Waals surface area contributed by atoms with Crippen LogP contribution in [0, 0.1) is 22.0 Å². The molecule has 0 bridgehead atoms. The van der Waals surface area contributed by atoms with Crippen LogP contribution in [0.15, 0.2) is 0 Å². The molecule has 0 saturated carbocycles. The first-order chi connectivity index (χ1) is 7.84. The Labute approximate surface area is 100 Å². The summed E-state index contributed by atoms with van der Waals surface area (Å²) in [6.07, 6.45) is 0. The second kappa shape index (κ2) is 3.68. The molecule has 0 aliphatic rings. The van der Waals surface area contributed by atoms with Crippen LogP contribution in [0.2, 0.25) is 0 Å². The average molecular weight is 280 g/mol. The second-order valence-corrected chi connectivity index (χ2v) is 4.22. The van der Waals surface area contributed by atoms with Gasteiger partial charge in [-0.15, -0.1) is 5.10 Å². The first kappa shape index (κ1) is 11.8. The lowest BCUT2D eigenvalue weighted by Crippen LogP contribution is -2.24. The van der Waals surface area contributed by atoms with Gasteiger partial charge in [-0.1, -0.05) is 0 Å². The number of hydrogen-bond donors (Lipinski definition) is 1. The van der Waals surface area contributed by atoms with Crippen molar-refractivity contribution in [2.24, 2.45) is 0 Å². The Morgan fingerprint density at radius 2 is 2.18 bits per heavy atom. The van der Waals surface area contributed by atoms with Crippen LogP contribution < -0.4 is 5.49 Å². The molecule has 1 N–H and O–H groups in total. The van der Waals surface area contributed by atoms with E-state index in [1.807, 2.05) is 0 Å². The lowest BCUT2D eigenvalue weighted by atomic mass is 10.2. The van der Waals surface area contributed by atoms with Gasteiger partial charge in [0.2, 0.25) is 4.96 Å². The Kier molecular flexibility index (Phi) is 2.56. The fourth-order valence-electron chi connectivity index (χ4n) is 1.16. The molecule has 0 unspecified atom stereocenters. The summed E-state index contributed by atoms with van der Waals surface area (Å²) < 4.78 is 39.4. The quantitative estimate of drug-likeness (QED) is 0.805. The van der Waals surface area contributed by atoms with Crippen molar-refractivity contribution in [3.63, 3.8) is 0 Å². The highest BCUT2D eigenvalue weighted by molar-refractivity contribution is 7.15. The van der Waals surface area contributed by atoms with Crippen LogP contribution in [0.5, 0.6) is 0 Å². The van der Waals surface area contributed by atoms with Gasteiger partial charge in [-0.2, -0.15) is 22.9 Å². The zero-order valence-corrected chi connectivity index (χ0v) is 9.28. The van der Waals surface area contributed by atoms with Crippen molar-refractivity contribution in [3.8, 4) is 6.07 Å². The number of nitriles is 1. The molecule has 0 aliphatic heterocycles. The maximum Gasteiger partial charge on any atom is 0.366 e. The highest BCUT2D eigenvalue weighted by Crippen LogP contribution is 2.32. The first-order valence-corrected chi connectivity index (χ1v) is 5.15. The smallest absolute Gasteiger partial charge is 0.282 e. The van der Waals surface area contributed by atoms with Crippen molar-refractivity contribution in [3.05, 3.63) is 22.0 Å². The fourth-order valence-corrected chi connectivity index (χ4v) is 1.92. The van der Waals surface area contributed by atoms with E-state index in [9.17, 15) is 13.2 Å². The molecule has 2 aromatic heterocycles. The number of hydrogen-bond acceptors (Lipinski definition) is 5. The zero-order chi connectivity index (χ0) is 12.8. The minimum absolute atomic E-state index is 0.276. The summed E-state index contributed by atoms with van der Waals surface area (Å²) >= 11 is 5.14. The summed E-state index contributed by atoms with van der Waals surface area (Å²) in [6.45, 7) is 0. The van der Waals surface area contributed by atoms with Crippen LogP contribution in [-0.4, -0.2) is 14.6 Å². The third-order valence-electron chi connectivity index (χ3n) is 1.81. The Balaban J connectivity index is 2.96. The van der Waals surface area contributed by atoms with Gasteiger partial charge in [-0.3, -0.25) is 5.41 Å². The van der Waals surface area contributed by atoms with E-state index in [1.165, 1.54) is 6.07 Å². The molecular weight excluding hydrogens is 279 g/mol. The number of rotatable bonds is 1. The number of aromatic nitrogens is 3. The molecule has 5 nitrogen and oxygen atoms in total. The Hall–Kier alpha value is -1.66. The van der Waals surface area contributed by atoms with Gasteiger partial charge in [0.1, 0.15) is 11.6 Å². The molecule has 0 atom stereocenters. The summed E-state index contributed by atoms with van der Waals surface area (Å²) in [7, 11) is 0. The third-order valence-corrected chi connectivity index (χ3v) is 2.68. The molecule has 0 radical (unpaired) electrons. The van der Waals surface area contributed by atoms with E-state index in [4.69, 9.17) is 22.3 Å². The van der Waals surface area contributed by atoms with Gasteiger partial charge >= 0.3 is 5.38 Å². The predicted octanol–water partition coefficient (Wildman–Crippen LogP) is 1.57. The van der Waals surface area contributed by atoms with Crippen LogP contribution in [0.4, 0.5) is 13.2 Å². The van der Waals surface area contributed by atoms with Crippen molar-refractivity contribution >= 4 is 27.9 Å². The highest BCUT2D eigenvalue weighted by atomic mass is 35.5. The van der Waals surface area contributed by atoms with Gasteiger partial charge in [0, 0.05) is 0 Å². The van der Waals surface area contributed by atoms with Crippen LogP contribution in [0.3, 0.4) is 0 Å². The SMILES string of the molecule is N#Cc1c(C(F)(F)Cl)nc2sc(F)nn2c1=N. The van der Waals surface area contributed by atoms with Crippen LogP contribution in [-0.2, 0) is 5.38 Å². The number of alkyl halides is 3. The van der Waals surface area contributed by atoms with Gasteiger partial charge in [-0.05, 0) is 22.9 Å². The predicted molar refractivity (Wildman–Crippen MR) is 51.1 cm³/mol. The highest BCUT2D eigenvalue weighted by Gasteiger charge is 2.35. The van der Waals surface area contributed by atoms with E-state index in [1.54, 1.807) is 0 Å². The van der Waals surface area contributed by atoms with Crippen LogP contribution in [0.25, 0.3) is 4.96 Å². The molecule has 0 aliphatic carbocycles. The van der Waals surface area contributed by atoms with E-state index in [0.29, 0.717) is 15.9 Å². The van der Waals surface area contributed by atoms with Crippen LogP contribution >= 0.6 is 22.9 Å². The average Bonchev–Trinajstić information content (AvgIpc) is 2.57. The van der Waals surface area contributed by atoms with Crippen molar-refractivity contribution in [1.82, 2.24) is 14.6 Å². The van der Waals surface area contributed by atoms with Crippen molar-refractivity contribution in [1.29, 1.82) is 10.7 Å². The van der Waals surface area contributed by atoms with E-state index in [2.05, 4.69) is 10.1 Å². The largest absolute Gasteiger partial charge is 0.366 e. The second-order valence-electron chi connectivity index (χ2n) is 2.84. The maximum atomic E-state index is 13.0. The molecule has 10 heteroatoms. The molecule has 88 valence electrons. The lowest BCUT2D eigenvalue weighted by Gasteiger charge is -2.08. The maximum absolute atomic E-state index is 13.0. The van der Waals surface area contributed by atoms with Crippen molar-refractivity contribution in [2.45, 2.75) is 5.38 Å². The van der Waals surface area contributed by atoms with E-state index < -0.39 is 27.4 Å². The van der Waals surface area contributed by atoms with Crippen LogP contribution in [0.1, 0.15) is 11.3 Å². The molecule has 0 fully saturated rings. The fraction of sp³-hybridized carbons (Fsp3) is 0.143. The molecule has 2 aromatic rings.